The van der Waals surface area contributed by atoms with Crippen LogP contribution in [0.1, 0.15) is 48.3 Å². The molecular weight excluding hydrogens is 386 g/mol. The van der Waals surface area contributed by atoms with Crippen molar-refractivity contribution in [1.29, 1.82) is 0 Å². The minimum atomic E-state index is -0.191. The highest BCUT2D eigenvalue weighted by molar-refractivity contribution is 5.94. The molecule has 8 nitrogen and oxygen atoms in total. The quantitative estimate of drug-likeness (QED) is 0.659. The Bertz CT molecular complexity index is 814. The fourth-order valence-corrected chi connectivity index (χ4v) is 3.45. The van der Waals surface area contributed by atoms with Gasteiger partial charge in [0, 0.05) is 51.7 Å². The van der Waals surface area contributed by atoms with Gasteiger partial charge in [-0.05, 0) is 31.2 Å². The van der Waals surface area contributed by atoms with E-state index in [1.54, 1.807) is 37.3 Å². The molecule has 2 heterocycles. The molecule has 3 rings (SSSR count). The number of likely N-dealkylation sites (tertiary alicyclic amines) is 1. The number of methoxy groups -OCH3 is 1. The summed E-state index contributed by atoms with van der Waals surface area (Å²) in [5, 5.41) is 3.90. The molecule has 1 aromatic carbocycles. The molecule has 1 aliphatic heterocycles. The van der Waals surface area contributed by atoms with Crippen LogP contribution in [0.4, 0.5) is 0 Å². The molecule has 0 N–H and O–H groups in total. The first kappa shape index (κ1) is 21.8. The Morgan fingerprint density at radius 3 is 2.53 bits per heavy atom. The monoisotopic (exact) mass is 415 g/mol. The minimum Gasteiger partial charge on any atom is -0.490 e. The van der Waals surface area contributed by atoms with Crippen molar-refractivity contribution < 1.29 is 23.6 Å². The Hall–Kier alpha value is -2.87. The van der Waals surface area contributed by atoms with Gasteiger partial charge < -0.3 is 23.8 Å². The van der Waals surface area contributed by atoms with E-state index in [2.05, 4.69) is 5.16 Å². The van der Waals surface area contributed by atoms with Gasteiger partial charge in [-0.15, -0.1) is 0 Å². The zero-order chi connectivity index (χ0) is 21.5. The molecule has 1 saturated heterocycles. The highest BCUT2D eigenvalue weighted by Crippen LogP contribution is 2.23. The number of carbonyl (C=O) groups excluding carboxylic acids is 2. The van der Waals surface area contributed by atoms with E-state index in [-0.39, 0.29) is 24.0 Å². The molecule has 2 amide bonds. The fourth-order valence-electron chi connectivity index (χ4n) is 3.45. The number of rotatable bonds is 8. The molecule has 0 bridgehead atoms. The van der Waals surface area contributed by atoms with Gasteiger partial charge in [-0.2, -0.15) is 0 Å². The second-order valence-electron chi connectivity index (χ2n) is 7.48. The molecule has 1 fully saturated rings. The van der Waals surface area contributed by atoms with Crippen molar-refractivity contribution >= 4 is 11.8 Å². The van der Waals surface area contributed by atoms with Gasteiger partial charge in [-0.1, -0.05) is 5.16 Å². The molecule has 30 heavy (non-hydrogen) atoms. The molecule has 0 spiro atoms. The molecule has 2 aromatic rings. The van der Waals surface area contributed by atoms with Gasteiger partial charge in [0.2, 0.25) is 5.91 Å². The van der Waals surface area contributed by atoms with Crippen LogP contribution in [0.25, 0.3) is 0 Å². The Morgan fingerprint density at radius 1 is 1.23 bits per heavy atom. The molecule has 0 aliphatic carbocycles. The van der Waals surface area contributed by atoms with E-state index in [0.717, 1.165) is 18.6 Å². The van der Waals surface area contributed by atoms with Crippen LogP contribution in [0.2, 0.25) is 0 Å². The number of benzene rings is 1. The van der Waals surface area contributed by atoms with Crippen molar-refractivity contribution in [2.45, 2.75) is 38.3 Å². The molecule has 1 atom stereocenters. The number of piperidine rings is 1. The van der Waals surface area contributed by atoms with Crippen molar-refractivity contribution in [1.82, 2.24) is 15.0 Å². The fraction of sp³-hybridized carbons (Fsp3) is 0.500. The van der Waals surface area contributed by atoms with Crippen molar-refractivity contribution in [2.24, 2.45) is 0 Å². The predicted octanol–water partition coefficient (Wildman–Crippen LogP) is 2.91. The van der Waals surface area contributed by atoms with Crippen LogP contribution in [0.15, 0.2) is 41.1 Å². The van der Waals surface area contributed by atoms with Gasteiger partial charge in [0.15, 0.2) is 0 Å². The van der Waals surface area contributed by atoms with E-state index in [9.17, 15) is 9.59 Å². The first-order valence-corrected chi connectivity index (χ1v) is 10.2. The minimum absolute atomic E-state index is 0.0629. The molecule has 0 unspecified atom stereocenters. The third-order valence-electron chi connectivity index (χ3n) is 5.51. The average molecular weight is 415 g/mol. The number of aromatic nitrogens is 1. The molecular formula is C22H29N3O5. The van der Waals surface area contributed by atoms with Crippen LogP contribution in [-0.2, 0) is 9.53 Å². The lowest BCUT2D eigenvalue weighted by molar-refractivity contribution is -0.133. The third kappa shape index (κ3) is 5.38. The zero-order valence-corrected chi connectivity index (χ0v) is 17.7. The van der Waals surface area contributed by atoms with Crippen LogP contribution in [0.3, 0.4) is 0 Å². The summed E-state index contributed by atoms with van der Waals surface area (Å²) in [5.74, 6) is 0.755. The van der Waals surface area contributed by atoms with Crippen LogP contribution in [0.5, 0.6) is 5.75 Å². The normalized spacial score (nSPS) is 15.6. The standard InChI is InChI=1S/C22H29N3O5/c1-16(20-10-15-29-23-20)24(2)22(27)17-4-6-18(7-5-17)30-19-8-12-25(13-9-19)21(26)11-14-28-3/h4-7,10,15-16,19H,8-9,11-14H2,1-3H3/t16-/m1/s1. The zero-order valence-electron chi connectivity index (χ0n) is 17.7. The van der Waals surface area contributed by atoms with Gasteiger partial charge in [0.05, 0.1) is 19.1 Å². The lowest BCUT2D eigenvalue weighted by Gasteiger charge is -2.32. The summed E-state index contributed by atoms with van der Waals surface area (Å²) in [7, 11) is 3.34. The van der Waals surface area contributed by atoms with Crippen LogP contribution >= 0.6 is 0 Å². The number of ether oxygens (including phenoxy) is 2. The number of hydrogen-bond acceptors (Lipinski definition) is 6. The summed E-state index contributed by atoms with van der Waals surface area (Å²) < 4.78 is 15.9. The highest BCUT2D eigenvalue weighted by atomic mass is 16.5. The largest absolute Gasteiger partial charge is 0.490 e. The van der Waals surface area contributed by atoms with Crippen LogP contribution < -0.4 is 4.74 Å². The van der Waals surface area contributed by atoms with E-state index in [1.165, 1.54) is 6.26 Å². The topological polar surface area (TPSA) is 85.1 Å². The summed E-state index contributed by atoms with van der Waals surface area (Å²) in [5.41, 5.74) is 1.29. The Morgan fingerprint density at radius 2 is 1.93 bits per heavy atom. The molecule has 162 valence electrons. The lowest BCUT2D eigenvalue weighted by Crippen LogP contribution is -2.42. The Kier molecular flexibility index (Phi) is 7.46. The molecule has 1 aromatic heterocycles. The van der Waals surface area contributed by atoms with Gasteiger partial charge in [0.1, 0.15) is 23.8 Å². The Labute approximate surface area is 176 Å². The van der Waals surface area contributed by atoms with Crippen molar-refractivity contribution in [3.63, 3.8) is 0 Å². The maximum atomic E-state index is 12.7. The SMILES string of the molecule is COCCC(=O)N1CCC(Oc2ccc(C(=O)N(C)[C@H](C)c3ccon3)cc2)CC1. The van der Waals surface area contributed by atoms with E-state index in [4.69, 9.17) is 14.0 Å². The molecule has 0 radical (unpaired) electrons. The summed E-state index contributed by atoms with van der Waals surface area (Å²) in [4.78, 5) is 28.3. The maximum absolute atomic E-state index is 12.7. The third-order valence-corrected chi connectivity index (χ3v) is 5.51. The van der Waals surface area contributed by atoms with E-state index >= 15 is 0 Å². The van der Waals surface area contributed by atoms with Gasteiger partial charge in [-0.3, -0.25) is 9.59 Å². The Balaban J connectivity index is 1.50. The first-order chi connectivity index (χ1) is 14.5. The first-order valence-electron chi connectivity index (χ1n) is 10.2. The predicted molar refractivity (Wildman–Crippen MR) is 110 cm³/mol. The number of hydrogen-bond donors (Lipinski definition) is 0. The average Bonchev–Trinajstić information content (AvgIpc) is 3.32. The van der Waals surface area contributed by atoms with Gasteiger partial charge in [-0.25, -0.2) is 0 Å². The summed E-state index contributed by atoms with van der Waals surface area (Å²) >= 11 is 0. The van der Waals surface area contributed by atoms with Crippen LogP contribution in [0, 0.1) is 0 Å². The lowest BCUT2D eigenvalue weighted by atomic mass is 10.1. The van der Waals surface area contributed by atoms with Crippen molar-refractivity contribution in [3.05, 3.63) is 47.9 Å². The van der Waals surface area contributed by atoms with E-state index < -0.39 is 0 Å². The van der Waals surface area contributed by atoms with E-state index in [0.29, 0.717) is 37.4 Å². The molecule has 8 heteroatoms. The summed E-state index contributed by atoms with van der Waals surface area (Å²) in [6, 6.07) is 8.74. The highest BCUT2D eigenvalue weighted by Gasteiger charge is 2.24. The van der Waals surface area contributed by atoms with Crippen molar-refractivity contribution in [2.75, 3.05) is 33.9 Å². The summed E-state index contributed by atoms with van der Waals surface area (Å²) in [6.45, 7) is 3.73. The van der Waals surface area contributed by atoms with Gasteiger partial charge in [0.25, 0.3) is 5.91 Å². The van der Waals surface area contributed by atoms with Crippen molar-refractivity contribution in [3.8, 4) is 5.75 Å². The maximum Gasteiger partial charge on any atom is 0.254 e. The summed E-state index contributed by atoms with van der Waals surface area (Å²) in [6.07, 6.45) is 3.56. The number of nitrogens with zero attached hydrogens (tertiary/aromatic N) is 3. The van der Waals surface area contributed by atoms with E-state index in [1.807, 2.05) is 24.0 Å². The second kappa shape index (κ2) is 10.2. The second-order valence-corrected chi connectivity index (χ2v) is 7.48. The molecule has 1 aliphatic rings. The number of amides is 2. The van der Waals surface area contributed by atoms with Crippen LogP contribution in [-0.4, -0.2) is 66.7 Å². The smallest absolute Gasteiger partial charge is 0.254 e. The number of carbonyl (C=O) groups is 2. The van der Waals surface area contributed by atoms with Gasteiger partial charge >= 0.3 is 0 Å². The molecule has 0 saturated carbocycles.